The summed E-state index contributed by atoms with van der Waals surface area (Å²) in [5.41, 5.74) is 5.39. The fraction of sp³-hybridized carbons (Fsp3) is 0.923. The first-order valence-corrected chi connectivity index (χ1v) is 6.46. The minimum Gasteiger partial charge on any atom is -0.469 e. The monoisotopic (exact) mass is 243 g/mol. The first-order chi connectivity index (χ1) is 8.18. The van der Waals surface area contributed by atoms with Crippen LogP contribution in [0.5, 0.6) is 0 Å². The number of carbonyl (C=O) groups is 1. The maximum Gasteiger partial charge on any atom is 0.313 e. The van der Waals surface area contributed by atoms with Crippen LogP contribution in [0.3, 0.4) is 0 Å². The topological polar surface area (TPSA) is 61.5 Å². The van der Waals surface area contributed by atoms with Gasteiger partial charge >= 0.3 is 5.97 Å². The van der Waals surface area contributed by atoms with E-state index in [0.717, 1.165) is 32.3 Å². The summed E-state index contributed by atoms with van der Waals surface area (Å²) in [6.07, 6.45) is 6.11. The molecular weight excluding hydrogens is 218 g/mol. The zero-order chi connectivity index (χ0) is 12.7. The van der Waals surface area contributed by atoms with Crippen LogP contribution < -0.4 is 5.73 Å². The molecule has 100 valence electrons. The summed E-state index contributed by atoms with van der Waals surface area (Å²) in [5, 5.41) is 0. The van der Waals surface area contributed by atoms with Crippen molar-refractivity contribution in [3.05, 3.63) is 0 Å². The summed E-state index contributed by atoms with van der Waals surface area (Å²) in [7, 11) is 3.15. The van der Waals surface area contributed by atoms with Crippen molar-refractivity contribution < 1.29 is 14.3 Å². The van der Waals surface area contributed by atoms with Gasteiger partial charge in [-0.3, -0.25) is 4.79 Å². The number of nitrogens with two attached hydrogens (primary N) is 1. The minimum atomic E-state index is -0.455. The lowest BCUT2D eigenvalue weighted by Gasteiger charge is -2.29. The largest absolute Gasteiger partial charge is 0.469 e. The molecule has 1 unspecified atom stereocenters. The van der Waals surface area contributed by atoms with E-state index >= 15 is 0 Å². The molecule has 1 aliphatic rings. The number of hydrogen-bond donors (Lipinski definition) is 1. The number of unbranched alkanes of at least 4 members (excludes halogenated alkanes) is 1. The Labute approximate surface area is 104 Å². The van der Waals surface area contributed by atoms with Crippen LogP contribution in [-0.2, 0) is 14.3 Å². The molecule has 0 heterocycles. The second kappa shape index (κ2) is 6.97. The first-order valence-electron chi connectivity index (χ1n) is 6.46. The van der Waals surface area contributed by atoms with Crippen molar-refractivity contribution in [3.63, 3.8) is 0 Å². The number of carbonyl (C=O) groups excluding carboxylic acids is 1. The number of hydrogen-bond acceptors (Lipinski definition) is 4. The van der Waals surface area contributed by atoms with Crippen molar-refractivity contribution in [2.75, 3.05) is 27.4 Å². The summed E-state index contributed by atoms with van der Waals surface area (Å²) in [6, 6.07) is 0. The van der Waals surface area contributed by atoms with Crippen molar-refractivity contribution in [3.8, 4) is 0 Å². The van der Waals surface area contributed by atoms with Gasteiger partial charge in [0.1, 0.15) is 0 Å². The van der Waals surface area contributed by atoms with E-state index in [1.165, 1.54) is 20.0 Å². The SMILES string of the molecule is COCCCCC(CN)(CC1CC1)C(=O)OC. The summed E-state index contributed by atoms with van der Waals surface area (Å²) in [6.45, 7) is 1.13. The normalized spacial score (nSPS) is 18.8. The molecule has 0 aromatic heterocycles. The van der Waals surface area contributed by atoms with Gasteiger partial charge in [-0.1, -0.05) is 12.8 Å². The Kier molecular flexibility index (Phi) is 5.92. The average Bonchev–Trinajstić information content (AvgIpc) is 3.16. The van der Waals surface area contributed by atoms with Crippen molar-refractivity contribution in [2.24, 2.45) is 17.1 Å². The lowest BCUT2D eigenvalue weighted by Crippen LogP contribution is -2.40. The van der Waals surface area contributed by atoms with E-state index in [2.05, 4.69) is 0 Å². The summed E-state index contributed by atoms with van der Waals surface area (Å²) in [5.74, 6) is 0.546. The Morgan fingerprint density at radius 3 is 2.53 bits per heavy atom. The average molecular weight is 243 g/mol. The summed E-state index contributed by atoms with van der Waals surface area (Å²) in [4.78, 5) is 12.0. The van der Waals surface area contributed by atoms with Crippen molar-refractivity contribution >= 4 is 5.97 Å². The Morgan fingerprint density at radius 2 is 2.06 bits per heavy atom. The van der Waals surface area contributed by atoms with Gasteiger partial charge in [-0.05, 0) is 31.6 Å². The quantitative estimate of drug-likeness (QED) is 0.495. The predicted molar refractivity (Wildman–Crippen MR) is 66.6 cm³/mol. The third-order valence-corrected chi connectivity index (χ3v) is 3.64. The van der Waals surface area contributed by atoms with Gasteiger partial charge in [0, 0.05) is 20.3 Å². The fourth-order valence-electron chi connectivity index (χ4n) is 2.36. The molecule has 2 N–H and O–H groups in total. The number of rotatable bonds is 9. The second-order valence-electron chi connectivity index (χ2n) is 5.07. The molecule has 1 atom stereocenters. The summed E-state index contributed by atoms with van der Waals surface area (Å²) < 4.78 is 9.97. The molecule has 1 rings (SSSR count). The Bertz CT molecular complexity index is 241. The predicted octanol–water partition coefficient (Wildman–Crippen LogP) is 1.72. The molecule has 4 nitrogen and oxygen atoms in total. The molecule has 0 bridgehead atoms. The maximum absolute atomic E-state index is 12.0. The third kappa shape index (κ3) is 4.28. The first kappa shape index (κ1) is 14.5. The van der Waals surface area contributed by atoms with E-state index in [0.29, 0.717) is 12.5 Å². The molecule has 0 radical (unpaired) electrons. The van der Waals surface area contributed by atoms with E-state index in [1.807, 2.05) is 0 Å². The molecule has 0 amide bonds. The highest BCUT2D eigenvalue weighted by atomic mass is 16.5. The molecule has 4 heteroatoms. The van der Waals surface area contributed by atoms with E-state index in [4.69, 9.17) is 15.2 Å². The van der Waals surface area contributed by atoms with Crippen molar-refractivity contribution in [1.29, 1.82) is 0 Å². The number of esters is 1. The fourth-order valence-corrected chi connectivity index (χ4v) is 2.36. The molecule has 0 aliphatic heterocycles. The Hall–Kier alpha value is -0.610. The Balaban J connectivity index is 2.51. The van der Waals surface area contributed by atoms with E-state index in [-0.39, 0.29) is 5.97 Å². The van der Waals surface area contributed by atoms with Crippen LogP contribution in [0.25, 0.3) is 0 Å². The highest BCUT2D eigenvalue weighted by Gasteiger charge is 2.42. The zero-order valence-electron chi connectivity index (χ0n) is 11.0. The van der Waals surface area contributed by atoms with Crippen LogP contribution in [0.15, 0.2) is 0 Å². The zero-order valence-corrected chi connectivity index (χ0v) is 11.0. The highest BCUT2D eigenvalue weighted by molar-refractivity contribution is 5.77. The van der Waals surface area contributed by atoms with Gasteiger partial charge in [-0.2, -0.15) is 0 Å². The molecule has 1 aliphatic carbocycles. The highest BCUT2D eigenvalue weighted by Crippen LogP contribution is 2.43. The molecule has 1 fully saturated rings. The maximum atomic E-state index is 12.0. The van der Waals surface area contributed by atoms with Gasteiger partial charge < -0.3 is 15.2 Å². The molecule has 0 aromatic carbocycles. The van der Waals surface area contributed by atoms with Gasteiger partial charge in [0.2, 0.25) is 0 Å². The molecular formula is C13H25NO3. The van der Waals surface area contributed by atoms with E-state index in [9.17, 15) is 4.79 Å². The van der Waals surface area contributed by atoms with Crippen LogP contribution in [0.1, 0.15) is 38.5 Å². The van der Waals surface area contributed by atoms with Gasteiger partial charge in [0.25, 0.3) is 0 Å². The van der Waals surface area contributed by atoms with Crippen molar-refractivity contribution in [1.82, 2.24) is 0 Å². The van der Waals surface area contributed by atoms with Gasteiger partial charge in [-0.25, -0.2) is 0 Å². The second-order valence-corrected chi connectivity index (χ2v) is 5.07. The Morgan fingerprint density at radius 1 is 1.35 bits per heavy atom. The smallest absolute Gasteiger partial charge is 0.313 e. The van der Waals surface area contributed by atoms with Crippen LogP contribution in [-0.4, -0.2) is 33.3 Å². The molecule has 0 saturated heterocycles. The summed E-state index contributed by atoms with van der Waals surface area (Å²) >= 11 is 0. The number of methoxy groups -OCH3 is 2. The van der Waals surface area contributed by atoms with Crippen LogP contribution >= 0.6 is 0 Å². The van der Waals surface area contributed by atoms with Crippen LogP contribution in [0.4, 0.5) is 0 Å². The van der Waals surface area contributed by atoms with Crippen molar-refractivity contribution in [2.45, 2.75) is 38.5 Å². The lowest BCUT2D eigenvalue weighted by atomic mass is 9.78. The number of ether oxygens (including phenoxy) is 2. The molecule has 0 spiro atoms. The lowest BCUT2D eigenvalue weighted by molar-refractivity contribution is -0.153. The van der Waals surface area contributed by atoms with Crippen LogP contribution in [0, 0.1) is 11.3 Å². The molecule has 0 aromatic rings. The minimum absolute atomic E-state index is 0.135. The van der Waals surface area contributed by atoms with E-state index < -0.39 is 5.41 Å². The molecule has 1 saturated carbocycles. The third-order valence-electron chi connectivity index (χ3n) is 3.64. The van der Waals surface area contributed by atoms with E-state index in [1.54, 1.807) is 7.11 Å². The van der Waals surface area contributed by atoms with Crippen LogP contribution in [0.2, 0.25) is 0 Å². The van der Waals surface area contributed by atoms with Gasteiger partial charge in [0.15, 0.2) is 0 Å². The van der Waals surface area contributed by atoms with Gasteiger partial charge in [-0.15, -0.1) is 0 Å². The molecule has 17 heavy (non-hydrogen) atoms. The standard InChI is InChI=1S/C13H25NO3/c1-16-8-4-3-7-13(10-14,12(15)17-2)9-11-5-6-11/h11H,3-10,14H2,1-2H3. The van der Waals surface area contributed by atoms with Gasteiger partial charge in [0.05, 0.1) is 12.5 Å².